The summed E-state index contributed by atoms with van der Waals surface area (Å²) in [4.78, 5) is 4.11. The van der Waals surface area contributed by atoms with Gasteiger partial charge in [-0.15, -0.1) is 34.0 Å². The third-order valence-corrected chi connectivity index (χ3v) is 7.70. The highest BCUT2D eigenvalue weighted by Gasteiger charge is 2.21. The highest BCUT2D eigenvalue weighted by Crippen LogP contribution is 2.44. The molecule has 19 heavy (non-hydrogen) atoms. The minimum absolute atomic E-state index is 0.337. The second-order valence-electron chi connectivity index (χ2n) is 3.86. The zero-order valence-corrected chi connectivity index (χ0v) is 16.6. The molecule has 0 saturated carbocycles. The average Bonchev–Trinajstić information content (AvgIpc) is 3.05. The Bertz CT molecular complexity index is 600. The van der Waals surface area contributed by atoms with E-state index in [1.807, 2.05) is 0 Å². The maximum Gasteiger partial charge on any atom is 0.0701 e. The molecule has 0 aliphatic carbocycles. The van der Waals surface area contributed by atoms with Gasteiger partial charge in [0.15, 0.2) is 0 Å². The van der Waals surface area contributed by atoms with Gasteiger partial charge < -0.3 is 0 Å². The smallest absolute Gasteiger partial charge is 0.0701 e. The minimum Gasteiger partial charge on any atom is -0.132 e. The lowest BCUT2D eigenvalue weighted by Crippen LogP contribution is -1.95. The molecule has 0 spiro atoms. The highest BCUT2D eigenvalue weighted by atomic mass is 79.9. The third-order valence-electron chi connectivity index (χ3n) is 2.64. The molecule has 0 atom stereocenters. The maximum atomic E-state index is 3.56. The summed E-state index contributed by atoms with van der Waals surface area (Å²) >= 11 is 16.1. The van der Waals surface area contributed by atoms with Gasteiger partial charge in [0.1, 0.15) is 0 Å². The van der Waals surface area contributed by atoms with Crippen LogP contribution < -0.4 is 0 Å². The van der Waals surface area contributed by atoms with Crippen LogP contribution in [-0.2, 0) is 0 Å². The largest absolute Gasteiger partial charge is 0.132 e. The Morgan fingerprint density at radius 3 is 1.11 bits per heavy atom. The number of thiophene rings is 3. The van der Waals surface area contributed by atoms with Gasteiger partial charge in [0.25, 0.3) is 0 Å². The van der Waals surface area contributed by atoms with Gasteiger partial charge in [0, 0.05) is 14.6 Å². The van der Waals surface area contributed by atoms with E-state index >= 15 is 0 Å². The number of rotatable bonds is 3. The Hall–Kier alpha value is 0.540. The van der Waals surface area contributed by atoms with E-state index in [-0.39, 0.29) is 0 Å². The lowest BCUT2D eigenvalue weighted by Gasteiger charge is -2.11. The zero-order valence-electron chi connectivity index (χ0n) is 9.40. The van der Waals surface area contributed by atoms with E-state index in [0.29, 0.717) is 5.92 Å². The zero-order chi connectivity index (χ0) is 13.4. The molecular weight excluding hydrogens is 492 g/mol. The molecule has 0 aromatic carbocycles. The molecule has 0 N–H and O–H groups in total. The first-order valence-corrected chi connectivity index (χ1v) is 10.2. The van der Waals surface area contributed by atoms with Crippen LogP contribution in [0.25, 0.3) is 0 Å². The van der Waals surface area contributed by atoms with Crippen molar-refractivity contribution < 1.29 is 0 Å². The van der Waals surface area contributed by atoms with Crippen molar-refractivity contribution in [2.75, 3.05) is 0 Å². The van der Waals surface area contributed by atoms with Crippen LogP contribution in [0.4, 0.5) is 0 Å². The number of hydrogen-bond donors (Lipinski definition) is 0. The normalized spacial score (nSPS) is 11.4. The lowest BCUT2D eigenvalue weighted by atomic mass is 10.0. The summed E-state index contributed by atoms with van der Waals surface area (Å²) in [6.07, 6.45) is 0. The van der Waals surface area contributed by atoms with Crippen LogP contribution in [0.15, 0.2) is 47.8 Å². The molecule has 0 fully saturated rings. The Morgan fingerprint density at radius 1 is 0.579 bits per heavy atom. The second-order valence-corrected chi connectivity index (χ2v) is 11.3. The lowest BCUT2D eigenvalue weighted by molar-refractivity contribution is 1.07. The van der Waals surface area contributed by atoms with Crippen LogP contribution in [0.5, 0.6) is 0 Å². The molecule has 0 unspecified atom stereocenters. The quantitative estimate of drug-likeness (QED) is 0.354. The summed E-state index contributed by atoms with van der Waals surface area (Å²) in [6, 6.07) is 13.0. The first kappa shape index (κ1) is 14.5. The van der Waals surface area contributed by atoms with E-state index in [0.717, 1.165) is 0 Å². The van der Waals surface area contributed by atoms with Crippen LogP contribution in [0, 0.1) is 0 Å². The van der Waals surface area contributed by atoms with Crippen molar-refractivity contribution in [1.82, 2.24) is 0 Å². The van der Waals surface area contributed by atoms with Crippen LogP contribution in [-0.4, -0.2) is 0 Å². The van der Waals surface area contributed by atoms with Gasteiger partial charge in [-0.2, -0.15) is 0 Å². The van der Waals surface area contributed by atoms with E-state index in [1.165, 1.54) is 26.0 Å². The maximum absolute atomic E-state index is 3.56. The summed E-state index contributed by atoms with van der Waals surface area (Å²) in [5.74, 6) is 0.337. The van der Waals surface area contributed by atoms with E-state index in [1.54, 1.807) is 34.0 Å². The van der Waals surface area contributed by atoms with Crippen molar-refractivity contribution in [3.8, 4) is 0 Å². The van der Waals surface area contributed by atoms with Gasteiger partial charge in [0.05, 0.1) is 17.3 Å². The average molecular weight is 499 g/mol. The predicted molar refractivity (Wildman–Crippen MR) is 97.0 cm³/mol. The standard InChI is InChI=1S/C13H7Br3S3/c14-10-4-1-7(17-10)13(8-2-5-11(15)18-8)9-3-6-12(16)19-9/h1-6,13H. The molecule has 0 radical (unpaired) electrons. The van der Waals surface area contributed by atoms with E-state index < -0.39 is 0 Å². The first-order chi connectivity index (χ1) is 9.13. The van der Waals surface area contributed by atoms with E-state index in [2.05, 4.69) is 84.2 Å². The summed E-state index contributed by atoms with van der Waals surface area (Å²) in [5, 5.41) is 0. The fourth-order valence-electron chi connectivity index (χ4n) is 1.87. The van der Waals surface area contributed by atoms with Gasteiger partial charge in [-0.3, -0.25) is 0 Å². The molecule has 6 heteroatoms. The first-order valence-electron chi connectivity index (χ1n) is 5.39. The molecule has 3 heterocycles. The number of halogens is 3. The molecule has 0 aliphatic heterocycles. The van der Waals surface area contributed by atoms with E-state index in [9.17, 15) is 0 Å². The molecule has 98 valence electrons. The Labute approximate surface area is 148 Å². The highest BCUT2D eigenvalue weighted by molar-refractivity contribution is 9.11. The van der Waals surface area contributed by atoms with Crippen LogP contribution in [0.2, 0.25) is 0 Å². The summed E-state index contributed by atoms with van der Waals surface area (Å²) in [7, 11) is 0. The molecule has 0 saturated heterocycles. The number of hydrogen-bond acceptors (Lipinski definition) is 3. The van der Waals surface area contributed by atoms with Crippen LogP contribution in [0.3, 0.4) is 0 Å². The Balaban J connectivity index is 2.10. The van der Waals surface area contributed by atoms with Crippen molar-refractivity contribution in [3.63, 3.8) is 0 Å². The molecular formula is C13H7Br3S3. The Kier molecular flexibility index (Phi) is 4.66. The fraction of sp³-hybridized carbons (Fsp3) is 0.0769. The van der Waals surface area contributed by atoms with Crippen molar-refractivity contribution in [1.29, 1.82) is 0 Å². The van der Waals surface area contributed by atoms with Crippen molar-refractivity contribution >= 4 is 81.8 Å². The molecule has 3 rings (SSSR count). The molecule has 0 amide bonds. The molecule has 3 aromatic rings. The van der Waals surface area contributed by atoms with Gasteiger partial charge in [-0.1, -0.05) is 0 Å². The summed E-state index contributed by atoms with van der Waals surface area (Å²) in [5.41, 5.74) is 0. The van der Waals surface area contributed by atoms with Crippen LogP contribution in [0.1, 0.15) is 20.5 Å². The summed E-state index contributed by atoms with van der Waals surface area (Å²) in [6.45, 7) is 0. The van der Waals surface area contributed by atoms with Crippen molar-refractivity contribution in [2.45, 2.75) is 5.92 Å². The molecule has 3 aromatic heterocycles. The summed E-state index contributed by atoms with van der Waals surface area (Å²) < 4.78 is 3.54. The monoisotopic (exact) mass is 496 g/mol. The molecule has 0 nitrogen and oxygen atoms in total. The van der Waals surface area contributed by atoms with Gasteiger partial charge in [-0.05, 0) is 84.2 Å². The van der Waals surface area contributed by atoms with E-state index in [4.69, 9.17) is 0 Å². The SMILES string of the molecule is Brc1ccc(C(c2ccc(Br)s2)c2ccc(Br)s2)s1. The minimum atomic E-state index is 0.337. The van der Waals surface area contributed by atoms with Gasteiger partial charge >= 0.3 is 0 Å². The third kappa shape index (κ3) is 3.24. The van der Waals surface area contributed by atoms with Crippen LogP contribution >= 0.6 is 81.8 Å². The van der Waals surface area contributed by atoms with Crippen molar-refractivity contribution in [3.05, 3.63) is 62.4 Å². The molecule has 0 aliphatic rings. The van der Waals surface area contributed by atoms with Gasteiger partial charge in [-0.25, -0.2) is 0 Å². The van der Waals surface area contributed by atoms with Crippen molar-refractivity contribution in [2.24, 2.45) is 0 Å². The fourth-order valence-corrected chi connectivity index (χ4v) is 6.78. The topological polar surface area (TPSA) is 0 Å². The predicted octanol–water partition coefficient (Wildman–Crippen LogP) is 7.34. The second kappa shape index (κ2) is 6.12. The molecule has 0 bridgehead atoms. The Morgan fingerprint density at radius 2 is 0.895 bits per heavy atom. The van der Waals surface area contributed by atoms with Gasteiger partial charge in [0.2, 0.25) is 0 Å².